The third kappa shape index (κ3) is 3.39. The average Bonchev–Trinajstić information content (AvgIpc) is 2.83. The second-order valence-corrected chi connectivity index (χ2v) is 5.80. The molecule has 1 aromatic carbocycles. The molecule has 9 heteroatoms. The molecular formula is C14H15N3O5S. The Kier molecular flexibility index (Phi) is 4.80. The highest BCUT2D eigenvalue weighted by Crippen LogP contribution is 2.35. The zero-order chi connectivity index (χ0) is 17.1. The van der Waals surface area contributed by atoms with Crippen LogP contribution in [0.5, 0.6) is 11.5 Å². The van der Waals surface area contributed by atoms with Gasteiger partial charge in [0.15, 0.2) is 16.6 Å². The molecule has 0 aliphatic rings. The van der Waals surface area contributed by atoms with Gasteiger partial charge in [0.1, 0.15) is 5.56 Å². The van der Waals surface area contributed by atoms with Gasteiger partial charge in [-0.2, -0.15) is 0 Å². The molecule has 23 heavy (non-hydrogen) atoms. The van der Waals surface area contributed by atoms with Crippen molar-refractivity contribution in [1.82, 2.24) is 4.98 Å². The molecule has 0 saturated heterocycles. The molecule has 8 nitrogen and oxygen atoms in total. The number of amides is 1. The first kappa shape index (κ1) is 16.7. The Morgan fingerprint density at radius 3 is 2.35 bits per heavy atom. The van der Waals surface area contributed by atoms with E-state index in [9.17, 15) is 14.9 Å². The molecule has 0 atom stereocenters. The molecule has 1 heterocycles. The highest BCUT2D eigenvalue weighted by atomic mass is 32.1. The Hall–Kier alpha value is -2.68. The molecular weight excluding hydrogens is 322 g/mol. The van der Waals surface area contributed by atoms with Gasteiger partial charge in [-0.1, -0.05) is 0 Å². The second kappa shape index (κ2) is 6.61. The van der Waals surface area contributed by atoms with Gasteiger partial charge in [0.25, 0.3) is 11.6 Å². The standard InChI is InChI=1S/C14H15N3O5S/c1-7-8(2)23-14(15-7)16-13(18)9-5-11(21-3)12(22-4)6-10(9)17(19)20/h5-6H,1-4H3,(H,15,16,18). The number of nitrogens with one attached hydrogen (secondary N) is 1. The summed E-state index contributed by atoms with van der Waals surface area (Å²) < 4.78 is 10.1. The van der Waals surface area contributed by atoms with Crippen LogP contribution in [0.4, 0.5) is 10.8 Å². The number of hydrogen-bond acceptors (Lipinski definition) is 7. The summed E-state index contributed by atoms with van der Waals surface area (Å²) in [5, 5.41) is 14.2. The summed E-state index contributed by atoms with van der Waals surface area (Å²) in [6.45, 7) is 3.70. The molecule has 0 aliphatic carbocycles. The summed E-state index contributed by atoms with van der Waals surface area (Å²) >= 11 is 1.30. The van der Waals surface area contributed by atoms with E-state index in [1.807, 2.05) is 13.8 Å². The predicted octanol–water partition coefficient (Wildman–Crippen LogP) is 2.94. The maximum atomic E-state index is 12.4. The van der Waals surface area contributed by atoms with Crippen LogP contribution < -0.4 is 14.8 Å². The monoisotopic (exact) mass is 337 g/mol. The van der Waals surface area contributed by atoms with Crippen molar-refractivity contribution < 1.29 is 19.2 Å². The first-order chi connectivity index (χ1) is 10.9. The van der Waals surface area contributed by atoms with Gasteiger partial charge in [-0.3, -0.25) is 20.2 Å². The minimum atomic E-state index is -0.644. The van der Waals surface area contributed by atoms with Gasteiger partial charge in [-0.25, -0.2) is 4.98 Å². The number of thiazole rings is 1. The van der Waals surface area contributed by atoms with Gasteiger partial charge in [0, 0.05) is 10.9 Å². The van der Waals surface area contributed by atoms with Crippen molar-refractivity contribution in [1.29, 1.82) is 0 Å². The number of nitro benzene ring substituents is 1. The number of benzene rings is 1. The quantitative estimate of drug-likeness (QED) is 0.664. The van der Waals surface area contributed by atoms with Crippen LogP contribution in [0, 0.1) is 24.0 Å². The van der Waals surface area contributed by atoms with Gasteiger partial charge >= 0.3 is 0 Å². The number of hydrogen-bond donors (Lipinski definition) is 1. The number of aryl methyl sites for hydroxylation is 2. The summed E-state index contributed by atoms with van der Waals surface area (Å²) in [5.74, 6) is -0.224. The molecule has 0 fully saturated rings. The number of rotatable bonds is 5. The number of nitrogens with zero attached hydrogens (tertiary/aromatic N) is 2. The van der Waals surface area contributed by atoms with Gasteiger partial charge < -0.3 is 9.47 Å². The lowest BCUT2D eigenvalue weighted by Gasteiger charge is -2.10. The summed E-state index contributed by atoms with van der Waals surface area (Å²) in [6.07, 6.45) is 0. The smallest absolute Gasteiger partial charge is 0.286 e. The molecule has 0 aliphatic heterocycles. The van der Waals surface area contributed by atoms with Gasteiger partial charge in [0.05, 0.1) is 30.9 Å². The molecule has 1 aromatic heterocycles. The van der Waals surface area contributed by atoms with E-state index in [0.717, 1.165) is 16.6 Å². The van der Waals surface area contributed by atoms with E-state index < -0.39 is 10.8 Å². The topological polar surface area (TPSA) is 104 Å². The first-order valence-corrected chi connectivity index (χ1v) is 7.34. The highest BCUT2D eigenvalue weighted by Gasteiger charge is 2.25. The lowest BCUT2D eigenvalue weighted by Crippen LogP contribution is -2.14. The number of ether oxygens (including phenoxy) is 2. The van der Waals surface area contributed by atoms with Crippen LogP contribution in [0.3, 0.4) is 0 Å². The fraction of sp³-hybridized carbons (Fsp3) is 0.286. The second-order valence-electron chi connectivity index (χ2n) is 4.60. The summed E-state index contributed by atoms with van der Waals surface area (Å²) in [4.78, 5) is 28.1. The van der Waals surface area contributed by atoms with E-state index in [4.69, 9.17) is 9.47 Å². The molecule has 1 amide bonds. The van der Waals surface area contributed by atoms with E-state index in [0.29, 0.717) is 5.13 Å². The minimum absolute atomic E-state index is 0.127. The number of methoxy groups -OCH3 is 2. The van der Waals surface area contributed by atoms with Crippen LogP contribution >= 0.6 is 11.3 Å². The van der Waals surface area contributed by atoms with Crippen LogP contribution in [0.15, 0.2) is 12.1 Å². The predicted molar refractivity (Wildman–Crippen MR) is 85.7 cm³/mol. The third-order valence-corrected chi connectivity index (χ3v) is 4.18. The number of anilines is 1. The van der Waals surface area contributed by atoms with E-state index in [2.05, 4.69) is 10.3 Å². The maximum Gasteiger partial charge on any atom is 0.286 e. The van der Waals surface area contributed by atoms with Crippen molar-refractivity contribution >= 4 is 28.1 Å². The summed E-state index contributed by atoms with van der Waals surface area (Å²) in [6, 6.07) is 2.44. The van der Waals surface area contributed by atoms with Crippen molar-refractivity contribution in [2.24, 2.45) is 0 Å². The molecule has 122 valence electrons. The molecule has 2 aromatic rings. The minimum Gasteiger partial charge on any atom is -0.493 e. The Labute approximate surface area is 136 Å². The summed E-state index contributed by atoms with van der Waals surface area (Å²) in [7, 11) is 2.75. The fourth-order valence-corrected chi connectivity index (χ4v) is 2.70. The van der Waals surface area contributed by atoms with Crippen molar-refractivity contribution in [2.75, 3.05) is 19.5 Å². The number of aromatic nitrogens is 1. The van der Waals surface area contributed by atoms with Crippen molar-refractivity contribution in [2.45, 2.75) is 13.8 Å². The molecule has 0 spiro atoms. The van der Waals surface area contributed by atoms with Crippen LogP contribution in [0.2, 0.25) is 0 Å². The largest absolute Gasteiger partial charge is 0.493 e. The maximum absolute atomic E-state index is 12.4. The van der Waals surface area contributed by atoms with E-state index in [1.165, 1.54) is 31.6 Å². The first-order valence-electron chi connectivity index (χ1n) is 6.53. The Morgan fingerprint density at radius 1 is 1.26 bits per heavy atom. The highest BCUT2D eigenvalue weighted by molar-refractivity contribution is 7.15. The van der Waals surface area contributed by atoms with Crippen LogP contribution in [0.1, 0.15) is 20.9 Å². The van der Waals surface area contributed by atoms with Crippen molar-refractivity contribution in [3.63, 3.8) is 0 Å². The SMILES string of the molecule is COc1cc(C(=O)Nc2nc(C)c(C)s2)c([N+](=O)[O-])cc1OC. The number of carbonyl (C=O) groups is 1. The normalized spacial score (nSPS) is 10.3. The van der Waals surface area contributed by atoms with Crippen LogP contribution in [-0.2, 0) is 0 Å². The van der Waals surface area contributed by atoms with Crippen LogP contribution in [0.25, 0.3) is 0 Å². The summed E-state index contributed by atoms with van der Waals surface area (Å²) in [5.41, 5.74) is 0.301. The lowest BCUT2D eigenvalue weighted by atomic mass is 10.1. The van der Waals surface area contributed by atoms with E-state index in [-0.39, 0.29) is 22.7 Å². The van der Waals surface area contributed by atoms with E-state index >= 15 is 0 Å². The molecule has 2 rings (SSSR count). The lowest BCUT2D eigenvalue weighted by molar-refractivity contribution is -0.385. The molecule has 0 unspecified atom stereocenters. The number of carbonyl (C=O) groups excluding carboxylic acids is 1. The zero-order valence-corrected chi connectivity index (χ0v) is 13.8. The van der Waals surface area contributed by atoms with Gasteiger partial charge in [-0.05, 0) is 13.8 Å². The Bertz CT molecular complexity index is 753. The molecule has 1 N–H and O–H groups in total. The third-order valence-electron chi connectivity index (χ3n) is 3.19. The number of nitro groups is 1. The Balaban J connectivity index is 2.43. The van der Waals surface area contributed by atoms with Crippen molar-refractivity contribution in [3.05, 3.63) is 38.4 Å². The molecule has 0 bridgehead atoms. The van der Waals surface area contributed by atoms with E-state index in [1.54, 1.807) is 0 Å². The van der Waals surface area contributed by atoms with Crippen molar-refractivity contribution in [3.8, 4) is 11.5 Å². The average molecular weight is 337 g/mol. The zero-order valence-electron chi connectivity index (χ0n) is 13.0. The van der Waals surface area contributed by atoms with Crippen LogP contribution in [-0.4, -0.2) is 30.0 Å². The van der Waals surface area contributed by atoms with Gasteiger partial charge in [0.2, 0.25) is 0 Å². The van der Waals surface area contributed by atoms with Gasteiger partial charge in [-0.15, -0.1) is 11.3 Å². The molecule has 0 saturated carbocycles. The molecule has 0 radical (unpaired) electrons. The Morgan fingerprint density at radius 2 is 1.87 bits per heavy atom. The fourth-order valence-electron chi connectivity index (χ4n) is 1.89.